The highest BCUT2D eigenvalue weighted by Gasteiger charge is 2.31. The molecule has 1 fully saturated rings. The fraction of sp³-hybridized carbons (Fsp3) is 0.316. The third kappa shape index (κ3) is 6.19. The van der Waals surface area contributed by atoms with Gasteiger partial charge in [0.05, 0.1) is 0 Å². The lowest BCUT2D eigenvalue weighted by Crippen LogP contribution is -2.36. The molecule has 2 aromatic carbocycles. The number of hydrogen-bond donors (Lipinski definition) is 3. The van der Waals surface area contributed by atoms with Crippen LogP contribution in [0.5, 0.6) is 17.2 Å². The van der Waals surface area contributed by atoms with Gasteiger partial charge in [0.1, 0.15) is 23.4 Å². The summed E-state index contributed by atoms with van der Waals surface area (Å²) < 4.78 is 46.7. The number of aromatic hydroxyl groups is 1. The number of ether oxygens (including phenoxy) is 2. The molecule has 1 aliphatic carbocycles. The highest BCUT2D eigenvalue weighted by Crippen LogP contribution is 2.27. The van der Waals surface area contributed by atoms with Crippen LogP contribution in [0.4, 0.5) is 18.9 Å². The van der Waals surface area contributed by atoms with Crippen molar-refractivity contribution < 1.29 is 27.8 Å². The van der Waals surface area contributed by atoms with Crippen LogP contribution in [-0.2, 0) is 0 Å². The zero-order chi connectivity index (χ0) is 20.1. The number of anilines is 1. The molecule has 0 saturated heterocycles. The molecule has 2 aromatic rings. The Labute approximate surface area is 165 Å². The Morgan fingerprint density at radius 1 is 1.07 bits per heavy atom. The van der Waals surface area contributed by atoms with Gasteiger partial charge in [0, 0.05) is 24.2 Å². The molecule has 2 unspecified atom stereocenters. The maximum absolute atomic E-state index is 12.3. The fourth-order valence-electron chi connectivity index (χ4n) is 3.02. The van der Waals surface area contributed by atoms with E-state index in [1.54, 1.807) is 30.3 Å². The molecule has 0 amide bonds. The number of phenolic OH excluding ortho intramolecular Hbond substituents is 1. The SMILES string of the molecule is Oc1ccc(OC2CCC(NC(=S)Nc3cccc(OC(F)(F)F)c3)C2)cc1. The van der Waals surface area contributed by atoms with Gasteiger partial charge < -0.3 is 25.2 Å². The lowest BCUT2D eigenvalue weighted by molar-refractivity contribution is -0.274. The number of halogens is 3. The van der Waals surface area contributed by atoms with Gasteiger partial charge in [0.25, 0.3) is 0 Å². The van der Waals surface area contributed by atoms with Crippen molar-refractivity contribution in [2.24, 2.45) is 0 Å². The highest BCUT2D eigenvalue weighted by atomic mass is 32.1. The Morgan fingerprint density at radius 3 is 2.54 bits per heavy atom. The van der Waals surface area contributed by atoms with Gasteiger partial charge in [-0.1, -0.05) is 6.07 Å². The molecular weight excluding hydrogens is 393 g/mol. The van der Waals surface area contributed by atoms with Gasteiger partial charge in [-0.05, 0) is 61.5 Å². The topological polar surface area (TPSA) is 62.8 Å². The van der Waals surface area contributed by atoms with Gasteiger partial charge in [-0.3, -0.25) is 0 Å². The van der Waals surface area contributed by atoms with Gasteiger partial charge in [0.2, 0.25) is 0 Å². The molecular formula is C19H19F3N2O3S. The van der Waals surface area contributed by atoms with E-state index in [0.717, 1.165) is 19.3 Å². The first-order chi connectivity index (χ1) is 13.3. The van der Waals surface area contributed by atoms with Crippen LogP contribution in [0, 0.1) is 0 Å². The molecule has 0 aromatic heterocycles. The summed E-state index contributed by atoms with van der Waals surface area (Å²) in [7, 11) is 0. The first-order valence-electron chi connectivity index (χ1n) is 8.66. The Balaban J connectivity index is 1.48. The number of benzene rings is 2. The van der Waals surface area contributed by atoms with E-state index in [1.807, 2.05) is 0 Å². The molecule has 0 aliphatic heterocycles. The maximum atomic E-state index is 12.3. The van der Waals surface area contributed by atoms with E-state index >= 15 is 0 Å². The predicted molar refractivity (Wildman–Crippen MR) is 103 cm³/mol. The third-order valence-corrected chi connectivity index (χ3v) is 4.40. The second-order valence-corrected chi connectivity index (χ2v) is 6.83. The first kappa shape index (κ1) is 20.1. The van der Waals surface area contributed by atoms with E-state index in [1.165, 1.54) is 18.2 Å². The molecule has 1 aliphatic rings. The van der Waals surface area contributed by atoms with Gasteiger partial charge in [-0.25, -0.2) is 0 Å². The van der Waals surface area contributed by atoms with Crippen molar-refractivity contribution in [2.45, 2.75) is 37.8 Å². The molecule has 28 heavy (non-hydrogen) atoms. The van der Waals surface area contributed by atoms with Crippen molar-refractivity contribution in [3.63, 3.8) is 0 Å². The summed E-state index contributed by atoms with van der Waals surface area (Å²) in [6.07, 6.45) is -2.29. The quantitative estimate of drug-likeness (QED) is 0.625. The van der Waals surface area contributed by atoms with Crippen LogP contribution in [0.15, 0.2) is 48.5 Å². The Morgan fingerprint density at radius 2 is 1.82 bits per heavy atom. The van der Waals surface area contributed by atoms with E-state index in [0.29, 0.717) is 16.5 Å². The van der Waals surface area contributed by atoms with E-state index < -0.39 is 6.36 Å². The van der Waals surface area contributed by atoms with Crippen LogP contribution in [0.1, 0.15) is 19.3 Å². The van der Waals surface area contributed by atoms with Crippen LogP contribution in [-0.4, -0.2) is 28.7 Å². The fourth-order valence-corrected chi connectivity index (χ4v) is 3.30. The Kier molecular flexibility index (Phi) is 6.13. The van der Waals surface area contributed by atoms with Crippen LogP contribution in [0.2, 0.25) is 0 Å². The molecule has 0 heterocycles. The summed E-state index contributed by atoms with van der Waals surface area (Å²) in [5.41, 5.74) is 0.397. The van der Waals surface area contributed by atoms with E-state index in [4.69, 9.17) is 17.0 Å². The maximum Gasteiger partial charge on any atom is 0.573 e. The summed E-state index contributed by atoms with van der Waals surface area (Å²) in [6, 6.07) is 12.1. The summed E-state index contributed by atoms with van der Waals surface area (Å²) in [4.78, 5) is 0. The van der Waals surface area contributed by atoms with E-state index in [-0.39, 0.29) is 23.6 Å². The average molecular weight is 412 g/mol. The van der Waals surface area contributed by atoms with Gasteiger partial charge in [-0.15, -0.1) is 13.2 Å². The van der Waals surface area contributed by atoms with Gasteiger partial charge >= 0.3 is 6.36 Å². The molecule has 0 radical (unpaired) electrons. The van der Waals surface area contributed by atoms with Crippen molar-refractivity contribution in [3.8, 4) is 17.2 Å². The predicted octanol–water partition coefficient (Wildman–Crippen LogP) is 4.58. The molecule has 3 N–H and O–H groups in total. The lowest BCUT2D eigenvalue weighted by Gasteiger charge is -2.18. The van der Waals surface area contributed by atoms with Crippen LogP contribution < -0.4 is 20.1 Å². The third-order valence-electron chi connectivity index (χ3n) is 4.18. The number of alkyl halides is 3. The molecule has 1 saturated carbocycles. The zero-order valence-corrected chi connectivity index (χ0v) is 15.5. The van der Waals surface area contributed by atoms with Crippen molar-refractivity contribution >= 4 is 23.0 Å². The first-order valence-corrected chi connectivity index (χ1v) is 9.07. The summed E-state index contributed by atoms with van der Waals surface area (Å²) in [5.74, 6) is 0.550. The minimum atomic E-state index is -4.74. The standard InChI is InChI=1S/C19H19F3N2O3S/c20-19(21,22)27-17-3-1-2-12(11-17)23-18(28)24-13-4-7-16(10-13)26-15-8-5-14(25)6-9-15/h1-3,5-6,8-9,11,13,16,25H,4,7,10H2,(H2,23,24,28). The number of thiocarbonyl (C=S) groups is 1. The van der Waals surface area contributed by atoms with Crippen LogP contribution >= 0.6 is 12.2 Å². The Bertz CT molecular complexity index is 815. The normalized spacial score (nSPS) is 19.1. The van der Waals surface area contributed by atoms with Gasteiger partial charge in [-0.2, -0.15) is 0 Å². The Hall–Kier alpha value is -2.68. The zero-order valence-electron chi connectivity index (χ0n) is 14.7. The number of hydrogen-bond acceptors (Lipinski definition) is 4. The van der Waals surface area contributed by atoms with Crippen molar-refractivity contribution in [1.82, 2.24) is 5.32 Å². The van der Waals surface area contributed by atoms with Gasteiger partial charge in [0.15, 0.2) is 5.11 Å². The van der Waals surface area contributed by atoms with Crippen molar-refractivity contribution in [1.29, 1.82) is 0 Å². The second kappa shape index (κ2) is 8.55. The minimum Gasteiger partial charge on any atom is -0.508 e. The lowest BCUT2D eigenvalue weighted by atomic mass is 10.2. The minimum absolute atomic E-state index is 0.0216. The van der Waals surface area contributed by atoms with E-state index in [9.17, 15) is 18.3 Å². The molecule has 5 nitrogen and oxygen atoms in total. The van der Waals surface area contributed by atoms with E-state index in [2.05, 4.69) is 15.4 Å². The second-order valence-electron chi connectivity index (χ2n) is 6.42. The molecule has 3 rings (SSSR count). The molecule has 150 valence electrons. The number of nitrogens with one attached hydrogen (secondary N) is 2. The van der Waals surface area contributed by atoms with Crippen LogP contribution in [0.25, 0.3) is 0 Å². The van der Waals surface area contributed by atoms with Crippen molar-refractivity contribution in [2.75, 3.05) is 5.32 Å². The monoisotopic (exact) mass is 412 g/mol. The summed E-state index contributed by atoms with van der Waals surface area (Å²) in [6.45, 7) is 0. The highest BCUT2D eigenvalue weighted by molar-refractivity contribution is 7.80. The number of rotatable bonds is 5. The summed E-state index contributed by atoms with van der Waals surface area (Å²) >= 11 is 5.25. The van der Waals surface area contributed by atoms with Crippen molar-refractivity contribution in [3.05, 3.63) is 48.5 Å². The molecule has 9 heteroatoms. The largest absolute Gasteiger partial charge is 0.573 e. The van der Waals surface area contributed by atoms with Crippen LogP contribution in [0.3, 0.4) is 0 Å². The average Bonchev–Trinajstić information content (AvgIpc) is 3.02. The molecule has 0 bridgehead atoms. The molecule has 2 atom stereocenters. The molecule has 0 spiro atoms. The number of phenols is 1. The smallest absolute Gasteiger partial charge is 0.508 e. The summed E-state index contributed by atoms with van der Waals surface area (Å²) in [5, 5.41) is 15.6.